The lowest BCUT2D eigenvalue weighted by atomic mass is 10.1. The number of sulfonamides is 1. The fourth-order valence-corrected chi connectivity index (χ4v) is 5.16. The van der Waals surface area contributed by atoms with E-state index >= 15 is 0 Å². The Morgan fingerprint density at radius 2 is 1.64 bits per heavy atom. The second-order valence-electron chi connectivity index (χ2n) is 7.22. The van der Waals surface area contributed by atoms with Gasteiger partial charge in [0.05, 0.1) is 0 Å². The molecule has 0 N–H and O–H groups in total. The van der Waals surface area contributed by atoms with Crippen LogP contribution in [0.1, 0.15) is 25.7 Å². The highest BCUT2D eigenvalue weighted by atomic mass is 32.2. The minimum absolute atomic E-state index is 0.0801. The SMILES string of the molecule is O=S(=O)(c1ccc(N2CCC(Oc3ccc(F)cc3)CC2)nc1)N1CCCC1. The van der Waals surface area contributed by atoms with Crippen LogP contribution >= 0.6 is 0 Å². The van der Waals surface area contributed by atoms with Gasteiger partial charge in [0.15, 0.2) is 0 Å². The average molecular weight is 405 g/mol. The zero-order valence-electron chi connectivity index (χ0n) is 15.6. The van der Waals surface area contributed by atoms with Gasteiger partial charge in [-0.3, -0.25) is 0 Å². The molecule has 4 rings (SSSR count). The van der Waals surface area contributed by atoms with Gasteiger partial charge in [-0.05, 0) is 49.2 Å². The van der Waals surface area contributed by atoms with Crippen LogP contribution in [0.25, 0.3) is 0 Å². The van der Waals surface area contributed by atoms with Crippen molar-refractivity contribution in [2.75, 3.05) is 31.1 Å². The molecule has 0 radical (unpaired) electrons. The van der Waals surface area contributed by atoms with Crippen LogP contribution in [-0.4, -0.2) is 50.0 Å². The molecule has 6 nitrogen and oxygen atoms in total. The highest BCUT2D eigenvalue weighted by Crippen LogP contribution is 2.25. The summed E-state index contributed by atoms with van der Waals surface area (Å²) < 4.78 is 45.6. The van der Waals surface area contributed by atoms with E-state index in [2.05, 4.69) is 9.88 Å². The first-order valence-corrected chi connectivity index (χ1v) is 11.1. The summed E-state index contributed by atoms with van der Waals surface area (Å²) in [5.74, 6) is 1.18. The summed E-state index contributed by atoms with van der Waals surface area (Å²) in [5.41, 5.74) is 0. The van der Waals surface area contributed by atoms with Crippen LogP contribution < -0.4 is 9.64 Å². The third-order valence-corrected chi connectivity index (χ3v) is 7.19. The Morgan fingerprint density at radius 1 is 0.964 bits per heavy atom. The molecular weight excluding hydrogens is 381 g/mol. The van der Waals surface area contributed by atoms with E-state index in [0.29, 0.717) is 18.8 Å². The van der Waals surface area contributed by atoms with E-state index < -0.39 is 10.0 Å². The predicted molar refractivity (Wildman–Crippen MR) is 104 cm³/mol. The fraction of sp³-hybridized carbons (Fsp3) is 0.450. The Bertz CT molecular complexity index is 889. The number of hydrogen-bond donors (Lipinski definition) is 0. The quantitative estimate of drug-likeness (QED) is 0.765. The smallest absolute Gasteiger partial charge is 0.244 e. The number of anilines is 1. The lowest BCUT2D eigenvalue weighted by Gasteiger charge is -2.33. The Balaban J connectivity index is 1.35. The number of piperidine rings is 1. The predicted octanol–water partition coefficient (Wildman–Crippen LogP) is 3.05. The maximum Gasteiger partial charge on any atom is 0.244 e. The van der Waals surface area contributed by atoms with Crippen LogP contribution in [-0.2, 0) is 10.0 Å². The number of hydrogen-bond acceptors (Lipinski definition) is 5. The van der Waals surface area contributed by atoms with Crippen molar-refractivity contribution in [1.29, 1.82) is 0 Å². The Hall–Kier alpha value is -2.19. The first-order chi connectivity index (χ1) is 13.5. The zero-order valence-corrected chi connectivity index (χ0v) is 16.4. The molecule has 0 aliphatic carbocycles. The summed E-state index contributed by atoms with van der Waals surface area (Å²) in [5, 5.41) is 0. The van der Waals surface area contributed by atoms with Crippen molar-refractivity contribution < 1.29 is 17.5 Å². The molecular formula is C20H24FN3O3S. The second kappa shape index (κ2) is 8.05. The second-order valence-corrected chi connectivity index (χ2v) is 9.16. The van der Waals surface area contributed by atoms with E-state index in [9.17, 15) is 12.8 Å². The van der Waals surface area contributed by atoms with Gasteiger partial charge >= 0.3 is 0 Å². The molecule has 0 unspecified atom stereocenters. The van der Waals surface area contributed by atoms with E-state index in [1.807, 2.05) is 0 Å². The van der Waals surface area contributed by atoms with Gasteiger partial charge in [-0.15, -0.1) is 0 Å². The van der Waals surface area contributed by atoms with Gasteiger partial charge in [-0.2, -0.15) is 4.31 Å². The first-order valence-electron chi connectivity index (χ1n) is 9.66. The number of benzene rings is 1. The molecule has 28 heavy (non-hydrogen) atoms. The standard InChI is InChI=1S/C20H24FN3O3S/c21-16-3-5-17(6-4-16)27-18-9-13-23(14-10-18)20-8-7-19(15-22-20)28(25,26)24-11-1-2-12-24/h3-8,15,18H,1-2,9-14H2. The molecule has 3 heterocycles. The van der Waals surface area contributed by atoms with Crippen molar-refractivity contribution in [2.24, 2.45) is 0 Å². The van der Waals surface area contributed by atoms with E-state index in [1.165, 1.54) is 22.6 Å². The topological polar surface area (TPSA) is 62.7 Å². The maximum atomic E-state index is 13.0. The van der Waals surface area contributed by atoms with E-state index in [-0.39, 0.29) is 16.8 Å². The average Bonchev–Trinajstić information content (AvgIpc) is 3.26. The van der Waals surface area contributed by atoms with Gasteiger partial charge < -0.3 is 9.64 Å². The monoisotopic (exact) mass is 405 g/mol. The van der Waals surface area contributed by atoms with Crippen LogP contribution in [0, 0.1) is 5.82 Å². The first kappa shape index (κ1) is 19.1. The van der Waals surface area contributed by atoms with Gasteiger partial charge in [0, 0.05) is 45.2 Å². The molecule has 2 aliphatic heterocycles. The highest BCUT2D eigenvalue weighted by Gasteiger charge is 2.28. The van der Waals surface area contributed by atoms with Crippen LogP contribution in [0.15, 0.2) is 47.5 Å². The van der Waals surface area contributed by atoms with Crippen molar-refractivity contribution in [2.45, 2.75) is 36.7 Å². The summed E-state index contributed by atoms with van der Waals surface area (Å²) in [6, 6.07) is 9.51. The van der Waals surface area contributed by atoms with Gasteiger partial charge in [-0.25, -0.2) is 17.8 Å². The lowest BCUT2D eigenvalue weighted by molar-refractivity contribution is 0.170. The third kappa shape index (κ3) is 4.12. The number of nitrogens with zero attached hydrogens (tertiary/aromatic N) is 3. The minimum atomic E-state index is -3.43. The molecule has 0 saturated carbocycles. The number of rotatable bonds is 5. The van der Waals surface area contributed by atoms with Crippen LogP contribution in [0.4, 0.5) is 10.2 Å². The van der Waals surface area contributed by atoms with Gasteiger partial charge in [0.25, 0.3) is 0 Å². The summed E-state index contributed by atoms with van der Waals surface area (Å²) >= 11 is 0. The maximum absolute atomic E-state index is 13.0. The molecule has 0 amide bonds. The molecule has 2 aliphatic rings. The van der Waals surface area contributed by atoms with Crippen molar-refractivity contribution >= 4 is 15.8 Å². The lowest BCUT2D eigenvalue weighted by Crippen LogP contribution is -2.38. The molecule has 0 atom stereocenters. The van der Waals surface area contributed by atoms with E-state index in [0.717, 1.165) is 44.6 Å². The molecule has 0 bridgehead atoms. The van der Waals surface area contributed by atoms with Crippen molar-refractivity contribution in [3.8, 4) is 5.75 Å². The molecule has 0 spiro atoms. The Kier molecular flexibility index (Phi) is 5.50. The van der Waals surface area contributed by atoms with Gasteiger partial charge in [-0.1, -0.05) is 0 Å². The Morgan fingerprint density at radius 3 is 2.25 bits per heavy atom. The van der Waals surface area contributed by atoms with E-state index in [1.54, 1.807) is 24.3 Å². The molecule has 8 heteroatoms. The number of halogens is 1. The molecule has 2 fully saturated rings. The largest absolute Gasteiger partial charge is 0.490 e. The minimum Gasteiger partial charge on any atom is -0.490 e. The molecule has 150 valence electrons. The van der Waals surface area contributed by atoms with Crippen LogP contribution in [0.3, 0.4) is 0 Å². The molecule has 1 aromatic heterocycles. The van der Waals surface area contributed by atoms with E-state index in [4.69, 9.17) is 4.74 Å². The molecule has 1 aromatic carbocycles. The zero-order chi connectivity index (χ0) is 19.6. The molecule has 2 saturated heterocycles. The summed E-state index contributed by atoms with van der Waals surface area (Å²) in [4.78, 5) is 6.79. The summed E-state index contributed by atoms with van der Waals surface area (Å²) in [6.07, 6.45) is 5.03. The van der Waals surface area contributed by atoms with Crippen LogP contribution in [0.5, 0.6) is 5.75 Å². The van der Waals surface area contributed by atoms with Crippen molar-refractivity contribution in [3.63, 3.8) is 0 Å². The Labute approximate surface area is 165 Å². The van der Waals surface area contributed by atoms with Crippen LogP contribution in [0.2, 0.25) is 0 Å². The number of aromatic nitrogens is 1. The van der Waals surface area contributed by atoms with Gasteiger partial charge in [0.1, 0.15) is 28.4 Å². The third-order valence-electron chi connectivity index (χ3n) is 5.31. The summed E-state index contributed by atoms with van der Waals surface area (Å²) in [7, 11) is -3.43. The normalized spacial score (nSPS) is 19.1. The number of ether oxygens (including phenoxy) is 1. The fourth-order valence-electron chi connectivity index (χ4n) is 3.70. The molecule has 2 aromatic rings. The highest BCUT2D eigenvalue weighted by molar-refractivity contribution is 7.89. The van der Waals surface area contributed by atoms with Gasteiger partial charge in [0.2, 0.25) is 10.0 Å². The van der Waals surface area contributed by atoms with Crippen molar-refractivity contribution in [1.82, 2.24) is 9.29 Å². The summed E-state index contributed by atoms with van der Waals surface area (Å²) in [6.45, 7) is 2.73. The van der Waals surface area contributed by atoms with Crippen molar-refractivity contribution in [3.05, 3.63) is 48.4 Å². The number of pyridine rings is 1.